The van der Waals surface area contributed by atoms with Gasteiger partial charge in [0.15, 0.2) is 0 Å². The van der Waals surface area contributed by atoms with Crippen molar-refractivity contribution >= 4 is 0 Å². The number of hydrogen-bond donors (Lipinski definition) is 2. The number of fused-ring (bicyclic) bond motifs is 1. The number of ether oxygens (including phenoxy) is 1. The molecule has 3 heteroatoms. The molecule has 0 aliphatic heterocycles. The average Bonchev–Trinajstić information content (AvgIpc) is 2.40. The fourth-order valence-electron chi connectivity index (χ4n) is 2.22. The lowest BCUT2D eigenvalue weighted by Crippen LogP contribution is -2.27. The van der Waals surface area contributed by atoms with E-state index >= 15 is 0 Å². The minimum Gasteiger partial charge on any atom is -0.496 e. The lowest BCUT2D eigenvalue weighted by Gasteiger charge is -2.20. The van der Waals surface area contributed by atoms with Gasteiger partial charge in [0.25, 0.3) is 0 Å². The molecule has 0 saturated heterocycles. The largest absolute Gasteiger partial charge is 0.496 e. The van der Waals surface area contributed by atoms with Crippen LogP contribution >= 0.6 is 0 Å². The Morgan fingerprint density at radius 1 is 1.47 bits per heavy atom. The molecule has 15 heavy (non-hydrogen) atoms. The first kappa shape index (κ1) is 10.5. The van der Waals surface area contributed by atoms with Gasteiger partial charge in [-0.3, -0.25) is 0 Å². The van der Waals surface area contributed by atoms with Crippen molar-refractivity contribution in [3.8, 4) is 5.75 Å². The zero-order valence-corrected chi connectivity index (χ0v) is 8.94. The van der Waals surface area contributed by atoms with Crippen LogP contribution in [-0.2, 0) is 6.42 Å². The van der Waals surface area contributed by atoms with Gasteiger partial charge in [-0.1, -0.05) is 12.1 Å². The zero-order valence-electron chi connectivity index (χ0n) is 8.94. The third kappa shape index (κ3) is 1.85. The fourth-order valence-corrected chi connectivity index (χ4v) is 2.22. The van der Waals surface area contributed by atoms with E-state index in [4.69, 9.17) is 10.5 Å². The first-order valence-corrected chi connectivity index (χ1v) is 5.33. The van der Waals surface area contributed by atoms with E-state index in [1.54, 1.807) is 7.11 Å². The second-order valence-corrected chi connectivity index (χ2v) is 4.03. The molecule has 1 aliphatic carbocycles. The molecule has 2 rings (SSSR count). The van der Waals surface area contributed by atoms with Crippen LogP contribution < -0.4 is 10.5 Å². The van der Waals surface area contributed by atoms with E-state index in [1.165, 1.54) is 0 Å². The van der Waals surface area contributed by atoms with Crippen molar-refractivity contribution in [1.29, 1.82) is 0 Å². The normalized spacial score (nSPS) is 25.5. The van der Waals surface area contributed by atoms with Crippen LogP contribution in [0.15, 0.2) is 18.2 Å². The summed E-state index contributed by atoms with van der Waals surface area (Å²) < 4.78 is 5.27. The predicted octanol–water partition coefficient (Wildman–Crippen LogP) is 1.39. The van der Waals surface area contributed by atoms with Gasteiger partial charge < -0.3 is 15.6 Å². The van der Waals surface area contributed by atoms with Crippen LogP contribution in [0.1, 0.15) is 30.1 Å². The van der Waals surface area contributed by atoms with Crippen LogP contribution in [0.25, 0.3) is 0 Å². The SMILES string of the molecule is COc1cccc2c1[C@H](O)[C@@H](N)CCC2. The van der Waals surface area contributed by atoms with E-state index in [2.05, 4.69) is 0 Å². The van der Waals surface area contributed by atoms with Crippen molar-refractivity contribution in [3.05, 3.63) is 29.3 Å². The summed E-state index contributed by atoms with van der Waals surface area (Å²) in [5.41, 5.74) is 7.95. The van der Waals surface area contributed by atoms with Gasteiger partial charge in [-0.15, -0.1) is 0 Å². The predicted molar refractivity (Wildman–Crippen MR) is 58.9 cm³/mol. The van der Waals surface area contributed by atoms with Gasteiger partial charge in [0.2, 0.25) is 0 Å². The van der Waals surface area contributed by atoms with Crippen molar-refractivity contribution in [1.82, 2.24) is 0 Å². The molecular formula is C12H17NO2. The summed E-state index contributed by atoms with van der Waals surface area (Å²) in [6.45, 7) is 0. The number of nitrogens with two attached hydrogens (primary N) is 1. The Morgan fingerprint density at radius 3 is 3.00 bits per heavy atom. The fraction of sp³-hybridized carbons (Fsp3) is 0.500. The summed E-state index contributed by atoms with van der Waals surface area (Å²) in [6, 6.07) is 5.70. The first-order chi connectivity index (χ1) is 7.24. The van der Waals surface area contributed by atoms with Gasteiger partial charge in [-0.05, 0) is 30.9 Å². The number of aryl methyl sites for hydroxylation is 1. The smallest absolute Gasteiger partial charge is 0.124 e. The maximum absolute atomic E-state index is 10.1. The van der Waals surface area contributed by atoms with E-state index < -0.39 is 6.10 Å². The van der Waals surface area contributed by atoms with E-state index in [9.17, 15) is 5.11 Å². The van der Waals surface area contributed by atoms with E-state index in [0.717, 1.165) is 36.1 Å². The molecule has 0 amide bonds. The summed E-state index contributed by atoms with van der Waals surface area (Å²) in [4.78, 5) is 0. The number of hydrogen-bond acceptors (Lipinski definition) is 3. The monoisotopic (exact) mass is 207 g/mol. The Balaban J connectivity index is 2.49. The van der Waals surface area contributed by atoms with Crippen molar-refractivity contribution in [3.63, 3.8) is 0 Å². The summed E-state index contributed by atoms with van der Waals surface area (Å²) in [7, 11) is 1.62. The van der Waals surface area contributed by atoms with Crippen LogP contribution in [0.3, 0.4) is 0 Å². The van der Waals surface area contributed by atoms with Crippen molar-refractivity contribution in [2.75, 3.05) is 7.11 Å². The second-order valence-electron chi connectivity index (χ2n) is 4.03. The molecule has 0 spiro atoms. The first-order valence-electron chi connectivity index (χ1n) is 5.33. The van der Waals surface area contributed by atoms with E-state index in [-0.39, 0.29) is 6.04 Å². The standard InChI is InChI=1S/C12H17NO2/c1-15-10-7-3-5-8-4-2-6-9(13)12(14)11(8)10/h3,5,7,9,12,14H,2,4,6,13H2,1H3/t9-,12+/m0/s1. The average molecular weight is 207 g/mol. The lowest BCUT2D eigenvalue weighted by atomic mass is 9.98. The Bertz CT molecular complexity index is 351. The van der Waals surface area contributed by atoms with Crippen LogP contribution in [-0.4, -0.2) is 18.3 Å². The molecule has 3 N–H and O–H groups in total. The molecule has 0 aromatic heterocycles. The zero-order chi connectivity index (χ0) is 10.8. The number of methoxy groups -OCH3 is 1. The maximum Gasteiger partial charge on any atom is 0.124 e. The highest BCUT2D eigenvalue weighted by Gasteiger charge is 2.25. The minimum atomic E-state index is -0.598. The highest BCUT2D eigenvalue weighted by atomic mass is 16.5. The highest BCUT2D eigenvalue weighted by Crippen LogP contribution is 2.34. The Morgan fingerprint density at radius 2 is 2.27 bits per heavy atom. The van der Waals surface area contributed by atoms with E-state index in [0.29, 0.717) is 0 Å². The maximum atomic E-state index is 10.1. The molecular weight excluding hydrogens is 190 g/mol. The van der Waals surface area contributed by atoms with Gasteiger partial charge in [0, 0.05) is 11.6 Å². The highest BCUT2D eigenvalue weighted by molar-refractivity contribution is 5.43. The Kier molecular flexibility index (Phi) is 2.93. The van der Waals surface area contributed by atoms with E-state index in [1.807, 2.05) is 18.2 Å². The van der Waals surface area contributed by atoms with Crippen LogP contribution in [0.5, 0.6) is 5.75 Å². The number of aliphatic hydroxyl groups excluding tert-OH is 1. The molecule has 0 heterocycles. The van der Waals surface area contributed by atoms with Gasteiger partial charge in [-0.25, -0.2) is 0 Å². The molecule has 1 aliphatic rings. The summed E-state index contributed by atoms with van der Waals surface area (Å²) in [5.74, 6) is 0.748. The molecule has 0 saturated carbocycles. The Hall–Kier alpha value is -1.06. The summed E-state index contributed by atoms with van der Waals surface area (Å²) >= 11 is 0. The van der Waals surface area contributed by atoms with Gasteiger partial charge in [-0.2, -0.15) is 0 Å². The topological polar surface area (TPSA) is 55.5 Å². The van der Waals surface area contributed by atoms with Gasteiger partial charge in [0.1, 0.15) is 5.75 Å². The molecule has 0 unspecified atom stereocenters. The summed E-state index contributed by atoms with van der Waals surface area (Å²) in [5, 5.41) is 10.1. The molecule has 2 atom stereocenters. The molecule has 0 fully saturated rings. The Labute approximate surface area is 89.9 Å². The van der Waals surface area contributed by atoms with Crippen LogP contribution in [0.2, 0.25) is 0 Å². The van der Waals surface area contributed by atoms with Crippen LogP contribution in [0.4, 0.5) is 0 Å². The third-order valence-electron chi connectivity index (χ3n) is 3.06. The second kappa shape index (κ2) is 4.21. The minimum absolute atomic E-state index is 0.178. The quantitative estimate of drug-likeness (QED) is 0.684. The lowest BCUT2D eigenvalue weighted by molar-refractivity contribution is 0.141. The molecule has 1 aromatic carbocycles. The molecule has 82 valence electrons. The van der Waals surface area contributed by atoms with Crippen molar-refractivity contribution in [2.45, 2.75) is 31.4 Å². The van der Waals surface area contributed by atoms with Crippen molar-refractivity contribution < 1.29 is 9.84 Å². The van der Waals surface area contributed by atoms with Gasteiger partial charge >= 0.3 is 0 Å². The van der Waals surface area contributed by atoms with Crippen molar-refractivity contribution in [2.24, 2.45) is 5.73 Å². The molecule has 1 aromatic rings. The van der Waals surface area contributed by atoms with Crippen LogP contribution in [0, 0.1) is 0 Å². The molecule has 0 bridgehead atoms. The number of rotatable bonds is 1. The molecule has 0 radical (unpaired) electrons. The third-order valence-corrected chi connectivity index (χ3v) is 3.06. The molecule has 3 nitrogen and oxygen atoms in total. The number of aliphatic hydroxyl groups is 1. The van der Waals surface area contributed by atoms with Gasteiger partial charge in [0.05, 0.1) is 13.2 Å². The number of benzene rings is 1. The summed E-state index contributed by atoms with van der Waals surface area (Å²) in [6.07, 6.45) is 2.26.